The third-order valence-electron chi connectivity index (χ3n) is 5.22. The molecule has 0 radical (unpaired) electrons. The Morgan fingerprint density at radius 3 is 2.24 bits per heavy atom. The van der Waals surface area contributed by atoms with E-state index in [1.54, 1.807) is 43.3 Å². The minimum absolute atomic E-state index is 0.236. The Morgan fingerprint density at radius 1 is 0.939 bits per heavy atom. The van der Waals surface area contributed by atoms with Gasteiger partial charge in [-0.2, -0.15) is 0 Å². The topological polar surface area (TPSA) is 67.9 Å². The summed E-state index contributed by atoms with van der Waals surface area (Å²) in [5.74, 6) is 0.552. The molecule has 0 aliphatic carbocycles. The molecular weight excluding hydrogens is 440 g/mol. The summed E-state index contributed by atoms with van der Waals surface area (Å²) >= 11 is 6.16. The van der Waals surface area contributed by atoms with Gasteiger partial charge < -0.3 is 19.7 Å². The number of hydrogen-bond acceptors (Lipinski definition) is 4. The van der Waals surface area contributed by atoms with Crippen molar-refractivity contribution in [1.82, 2.24) is 10.2 Å². The van der Waals surface area contributed by atoms with Crippen LogP contribution in [0.4, 0.5) is 0 Å². The van der Waals surface area contributed by atoms with E-state index in [-0.39, 0.29) is 25.0 Å². The first kappa shape index (κ1) is 24.1. The second-order valence-electron chi connectivity index (χ2n) is 7.41. The SMILES string of the molecule is CNC(=O)C(Cc1ccccc1)N(Cc1ccc(OC)cc1)C(=O)COc1ccccc1Cl. The van der Waals surface area contributed by atoms with Crippen molar-refractivity contribution < 1.29 is 19.1 Å². The maximum absolute atomic E-state index is 13.4. The Kier molecular flexibility index (Phi) is 8.72. The van der Waals surface area contributed by atoms with E-state index in [0.717, 1.165) is 11.1 Å². The molecular formula is C26H27ClN2O4. The maximum atomic E-state index is 13.4. The van der Waals surface area contributed by atoms with Crippen molar-refractivity contribution in [2.24, 2.45) is 0 Å². The van der Waals surface area contributed by atoms with E-state index >= 15 is 0 Å². The van der Waals surface area contributed by atoms with E-state index in [4.69, 9.17) is 21.1 Å². The van der Waals surface area contributed by atoms with Crippen LogP contribution in [-0.2, 0) is 22.6 Å². The smallest absolute Gasteiger partial charge is 0.261 e. The highest BCUT2D eigenvalue weighted by molar-refractivity contribution is 6.32. The molecule has 0 aliphatic rings. The van der Waals surface area contributed by atoms with Gasteiger partial charge in [-0.05, 0) is 35.4 Å². The molecule has 3 aromatic rings. The molecule has 33 heavy (non-hydrogen) atoms. The summed E-state index contributed by atoms with van der Waals surface area (Å²) in [6, 6.07) is 23.2. The van der Waals surface area contributed by atoms with Crippen molar-refractivity contribution in [3.05, 3.63) is 95.0 Å². The fourth-order valence-electron chi connectivity index (χ4n) is 3.43. The minimum atomic E-state index is -0.721. The summed E-state index contributed by atoms with van der Waals surface area (Å²) in [7, 11) is 3.16. The summed E-state index contributed by atoms with van der Waals surface area (Å²) < 4.78 is 10.9. The number of halogens is 1. The van der Waals surface area contributed by atoms with Crippen LogP contribution in [-0.4, -0.2) is 43.5 Å². The van der Waals surface area contributed by atoms with Crippen molar-refractivity contribution in [2.75, 3.05) is 20.8 Å². The third-order valence-corrected chi connectivity index (χ3v) is 5.53. The number of rotatable bonds is 10. The molecule has 172 valence electrons. The highest BCUT2D eigenvalue weighted by Crippen LogP contribution is 2.24. The summed E-state index contributed by atoms with van der Waals surface area (Å²) in [5.41, 5.74) is 1.81. The van der Waals surface area contributed by atoms with Gasteiger partial charge in [-0.25, -0.2) is 0 Å². The average molecular weight is 467 g/mol. The molecule has 0 heterocycles. The Bertz CT molecular complexity index is 1060. The molecule has 0 bridgehead atoms. The number of nitrogens with one attached hydrogen (secondary N) is 1. The highest BCUT2D eigenvalue weighted by atomic mass is 35.5. The van der Waals surface area contributed by atoms with Gasteiger partial charge >= 0.3 is 0 Å². The molecule has 0 fully saturated rings. The molecule has 3 aromatic carbocycles. The number of carbonyl (C=O) groups excluding carboxylic acids is 2. The lowest BCUT2D eigenvalue weighted by atomic mass is 10.0. The number of amides is 2. The van der Waals surface area contributed by atoms with Crippen LogP contribution in [0.3, 0.4) is 0 Å². The van der Waals surface area contributed by atoms with Gasteiger partial charge in [-0.3, -0.25) is 9.59 Å². The average Bonchev–Trinajstić information content (AvgIpc) is 2.86. The van der Waals surface area contributed by atoms with Crippen LogP contribution >= 0.6 is 11.6 Å². The minimum Gasteiger partial charge on any atom is -0.497 e. The molecule has 0 saturated heterocycles. The zero-order valence-corrected chi connectivity index (χ0v) is 19.4. The van der Waals surface area contributed by atoms with Crippen LogP contribution in [0.2, 0.25) is 5.02 Å². The first-order valence-electron chi connectivity index (χ1n) is 10.6. The maximum Gasteiger partial charge on any atom is 0.261 e. The summed E-state index contributed by atoms with van der Waals surface area (Å²) in [6.45, 7) is -0.0121. The van der Waals surface area contributed by atoms with E-state index in [9.17, 15) is 9.59 Å². The monoisotopic (exact) mass is 466 g/mol. The van der Waals surface area contributed by atoms with Gasteiger partial charge in [0.25, 0.3) is 5.91 Å². The lowest BCUT2D eigenvalue weighted by molar-refractivity contribution is -0.142. The summed E-state index contributed by atoms with van der Waals surface area (Å²) in [6.07, 6.45) is 0.370. The Labute approximate surface area is 199 Å². The normalized spacial score (nSPS) is 11.4. The molecule has 3 rings (SSSR count). The van der Waals surface area contributed by atoms with Crippen LogP contribution in [0.25, 0.3) is 0 Å². The number of methoxy groups -OCH3 is 1. The zero-order chi connectivity index (χ0) is 23.6. The van der Waals surface area contributed by atoms with Crippen molar-refractivity contribution >= 4 is 23.4 Å². The van der Waals surface area contributed by atoms with Crippen LogP contribution in [0, 0.1) is 0 Å². The predicted molar refractivity (Wildman–Crippen MR) is 128 cm³/mol. The first-order valence-corrected chi connectivity index (χ1v) is 10.9. The van der Waals surface area contributed by atoms with Crippen LogP contribution in [0.5, 0.6) is 11.5 Å². The third kappa shape index (κ3) is 6.73. The quantitative estimate of drug-likeness (QED) is 0.488. The Morgan fingerprint density at radius 2 is 1.61 bits per heavy atom. The van der Waals surface area contributed by atoms with E-state index in [1.165, 1.54) is 0 Å². The van der Waals surface area contributed by atoms with Gasteiger partial charge in [-0.15, -0.1) is 0 Å². The van der Waals surface area contributed by atoms with Crippen LogP contribution < -0.4 is 14.8 Å². The largest absolute Gasteiger partial charge is 0.497 e. The molecule has 2 amide bonds. The number of nitrogens with zero attached hydrogens (tertiary/aromatic N) is 1. The number of hydrogen-bond donors (Lipinski definition) is 1. The number of likely N-dealkylation sites (N-methyl/N-ethyl adjacent to an activating group) is 1. The predicted octanol–water partition coefficient (Wildman–Crippen LogP) is 4.11. The molecule has 7 heteroatoms. The number of benzene rings is 3. The van der Waals surface area contributed by atoms with E-state index in [2.05, 4.69) is 5.32 Å². The molecule has 0 aliphatic heterocycles. The molecule has 0 spiro atoms. The van der Waals surface area contributed by atoms with Gasteiger partial charge in [0.15, 0.2) is 6.61 Å². The number of carbonyl (C=O) groups is 2. The lowest BCUT2D eigenvalue weighted by Gasteiger charge is -2.31. The Hall–Kier alpha value is -3.51. The van der Waals surface area contributed by atoms with Crippen molar-refractivity contribution in [1.29, 1.82) is 0 Å². The van der Waals surface area contributed by atoms with Gasteiger partial charge in [-0.1, -0.05) is 66.2 Å². The van der Waals surface area contributed by atoms with Gasteiger partial charge in [0, 0.05) is 20.0 Å². The molecule has 1 atom stereocenters. The van der Waals surface area contributed by atoms with Crippen molar-refractivity contribution in [3.8, 4) is 11.5 Å². The first-order chi connectivity index (χ1) is 16.0. The van der Waals surface area contributed by atoms with E-state index in [1.807, 2.05) is 54.6 Å². The number of para-hydroxylation sites is 1. The molecule has 0 saturated carbocycles. The summed E-state index contributed by atoms with van der Waals surface area (Å²) in [4.78, 5) is 27.8. The van der Waals surface area contributed by atoms with E-state index < -0.39 is 6.04 Å². The van der Waals surface area contributed by atoms with Gasteiger partial charge in [0.1, 0.15) is 17.5 Å². The standard InChI is InChI=1S/C26H27ClN2O4/c1-28-26(31)23(16-19-8-4-3-5-9-19)29(17-20-12-14-21(32-2)15-13-20)25(30)18-33-24-11-7-6-10-22(24)27/h3-15,23H,16-18H2,1-2H3,(H,28,31). The second-order valence-corrected chi connectivity index (χ2v) is 7.82. The van der Waals surface area contributed by atoms with Crippen molar-refractivity contribution in [2.45, 2.75) is 19.0 Å². The van der Waals surface area contributed by atoms with E-state index in [0.29, 0.717) is 22.9 Å². The highest BCUT2D eigenvalue weighted by Gasteiger charge is 2.30. The van der Waals surface area contributed by atoms with Crippen LogP contribution in [0.1, 0.15) is 11.1 Å². The fraction of sp³-hybridized carbons (Fsp3) is 0.231. The Balaban J connectivity index is 1.87. The number of ether oxygens (including phenoxy) is 2. The fourth-order valence-corrected chi connectivity index (χ4v) is 3.62. The lowest BCUT2D eigenvalue weighted by Crippen LogP contribution is -2.51. The molecule has 1 N–H and O–H groups in total. The van der Waals surface area contributed by atoms with Crippen LogP contribution in [0.15, 0.2) is 78.9 Å². The van der Waals surface area contributed by atoms with Gasteiger partial charge in [0.2, 0.25) is 5.91 Å². The molecule has 1 unspecified atom stereocenters. The second kappa shape index (κ2) is 11.9. The van der Waals surface area contributed by atoms with Gasteiger partial charge in [0.05, 0.1) is 12.1 Å². The zero-order valence-electron chi connectivity index (χ0n) is 18.7. The molecule has 6 nitrogen and oxygen atoms in total. The van der Waals surface area contributed by atoms with Crippen molar-refractivity contribution in [3.63, 3.8) is 0 Å². The summed E-state index contributed by atoms with van der Waals surface area (Å²) in [5, 5.41) is 3.11. The molecule has 0 aromatic heterocycles.